The fraction of sp³-hybridized carbons (Fsp3) is 0.625. The van der Waals surface area contributed by atoms with Crippen LogP contribution in [0, 0.1) is 0 Å². The largest absolute Gasteiger partial charge is 0.481 e. The van der Waals surface area contributed by atoms with Crippen LogP contribution in [-0.4, -0.2) is 27.9 Å². The van der Waals surface area contributed by atoms with E-state index in [9.17, 15) is 14.4 Å². The number of carbonyl (C=O) groups is 3. The predicted octanol–water partition coefficient (Wildman–Crippen LogP) is 0.921. The van der Waals surface area contributed by atoms with Gasteiger partial charge in [0.1, 0.15) is 0 Å². The molecule has 0 radical (unpaired) electrons. The molecule has 0 unspecified atom stereocenters. The molecule has 0 amide bonds. The van der Waals surface area contributed by atoms with Crippen LogP contribution in [0.5, 0.6) is 0 Å². The monoisotopic (exact) mass is 190 g/mol. The van der Waals surface area contributed by atoms with Crippen LogP contribution in [0.3, 0.4) is 0 Å². The predicted molar refractivity (Wildman–Crippen MR) is 45.5 cm³/mol. The molecule has 5 nitrogen and oxygen atoms in total. The van der Waals surface area contributed by atoms with E-state index in [1.54, 1.807) is 0 Å². The average Bonchev–Trinajstić information content (AvgIpc) is 2.03. The number of carbonyl (C=O) groups excluding carboxylic acids is 1. The lowest BCUT2D eigenvalue weighted by molar-refractivity contribution is -0.148. The molecule has 76 valence electrons. The van der Waals surface area contributed by atoms with Crippen LogP contribution in [0.15, 0.2) is 0 Å². The van der Waals surface area contributed by atoms with Crippen LogP contribution in [0.4, 0.5) is 0 Å². The number of carboxylic acid groups (broad SMARTS) is 2. The van der Waals surface area contributed by atoms with Crippen LogP contribution in [0.1, 0.15) is 33.1 Å². The topological polar surface area (TPSA) is 91.7 Å². The van der Waals surface area contributed by atoms with Gasteiger partial charge in [-0.25, -0.2) is 4.79 Å². The minimum absolute atomic E-state index is 0.0787. The van der Waals surface area contributed by atoms with Crippen molar-refractivity contribution in [3.63, 3.8) is 0 Å². The van der Waals surface area contributed by atoms with Crippen molar-refractivity contribution >= 4 is 17.7 Å². The lowest BCUT2D eigenvalue weighted by atomic mass is 10.3. The Labute approximate surface area is 76.4 Å². The van der Waals surface area contributed by atoms with Crippen LogP contribution >= 0.6 is 0 Å². The molecular weight excluding hydrogens is 176 g/mol. The van der Waals surface area contributed by atoms with Crippen molar-refractivity contribution in [2.75, 3.05) is 0 Å². The number of Topliss-reactive ketones (excluding diaryl/α,β-unsaturated/α-hetero) is 1. The third-order valence-corrected chi connectivity index (χ3v) is 1.02. The van der Waals surface area contributed by atoms with E-state index in [0.29, 0.717) is 6.42 Å². The van der Waals surface area contributed by atoms with E-state index in [-0.39, 0.29) is 6.42 Å². The minimum Gasteiger partial charge on any atom is -0.481 e. The molecule has 13 heavy (non-hydrogen) atoms. The number of ketones is 1. The maximum Gasteiger partial charge on any atom is 0.372 e. The maximum absolute atomic E-state index is 9.91. The summed E-state index contributed by atoms with van der Waals surface area (Å²) in [4.78, 5) is 29.1. The fourth-order valence-corrected chi connectivity index (χ4v) is 0.365. The van der Waals surface area contributed by atoms with Gasteiger partial charge in [0.15, 0.2) is 0 Å². The highest BCUT2D eigenvalue weighted by molar-refractivity contribution is 6.32. The molecule has 0 bridgehead atoms. The van der Waals surface area contributed by atoms with Gasteiger partial charge in [-0.3, -0.25) is 9.59 Å². The van der Waals surface area contributed by atoms with Crippen LogP contribution in [0.25, 0.3) is 0 Å². The van der Waals surface area contributed by atoms with Crippen molar-refractivity contribution in [2.24, 2.45) is 0 Å². The first-order valence-electron chi connectivity index (χ1n) is 3.93. The summed E-state index contributed by atoms with van der Waals surface area (Å²) in [6, 6.07) is 0. The van der Waals surface area contributed by atoms with Gasteiger partial charge in [-0.1, -0.05) is 13.8 Å². The van der Waals surface area contributed by atoms with Gasteiger partial charge in [0.05, 0.1) is 0 Å². The summed E-state index contributed by atoms with van der Waals surface area (Å²) in [6.45, 7) is 3.35. The number of hydrogen-bond acceptors (Lipinski definition) is 3. The molecule has 0 fully saturated rings. The first kappa shape index (κ1) is 14.2. The fourth-order valence-electron chi connectivity index (χ4n) is 0.365. The molecule has 0 rings (SSSR count). The van der Waals surface area contributed by atoms with Gasteiger partial charge >= 0.3 is 11.9 Å². The number of hydrogen-bond donors (Lipinski definition) is 2. The highest BCUT2D eigenvalue weighted by Gasteiger charge is 2.05. The Bertz CT molecular complexity index is 185. The van der Waals surface area contributed by atoms with Crippen molar-refractivity contribution in [3.05, 3.63) is 0 Å². The standard InChI is InChI=1S/C4H6O3.C4H8O2/c1-2-3(5)4(6)7;1-2-3-4(5)6/h2H2,1H3,(H,6,7);2-3H2,1H3,(H,5,6). The molecule has 0 aromatic heterocycles. The molecule has 0 spiro atoms. The average molecular weight is 190 g/mol. The van der Waals surface area contributed by atoms with Gasteiger partial charge in [0, 0.05) is 12.8 Å². The summed E-state index contributed by atoms with van der Waals surface area (Å²) in [6.07, 6.45) is 1.10. The highest BCUT2D eigenvalue weighted by Crippen LogP contribution is 1.82. The van der Waals surface area contributed by atoms with Crippen molar-refractivity contribution < 1.29 is 24.6 Å². The lowest BCUT2D eigenvalue weighted by Crippen LogP contribution is -2.09. The SMILES string of the molecule is CCC(=O)C(=O)O.CCCC(=O)O. The summed E-state index contributed by atoms with van der Waals surface area (Å²) in [5.74, 6) is -2.79. The lowest BCUT2D eigenvalue weighted by Gasteiger charge is -1.80. The molecule has 0 saturated heterocycles. The summed E-state index contributed by atoms with van der Waals surface area (Å²) in [7, 11) is 0. The van der Waals surface area contributed by atoms with Gasteiger partial charge in [-0.15, -0.1) is 0 Å². The third kappa shape index (κ3) is 13.6. The zero-order valence-corrected chi connectivity index (χ0v) is 7.74. The maximum atomic E-state index is 9.91. The molecule has 0 aliphatic rings. The number of carboxylic acids is 2. The summed E-state index contributed by atoms with van der Waals surface area (Å²) in [5.41, 5.74) is 0. The van der Waals surface area contributed by atoms with Gasteiger partial charge in [-0.2, -0.15) is 0 Å². The van der Waals surface area contributed by atoms with E-state index in [1.165, 1.54) is 6.92 Å². The van der Waals surface area contributed by atoms with E-state index < -0.39 is 17.7 Å². The van der Waals surface area contributed by atoms with Crippen molar-refractivity contribution in [1.29, 1.82) is 0 Å². The van der Waals surface area contributed by atoms with E-state index >= 15 is 0 Å². The van der Waals surface area contributed by atoms with E-state index in [4.69, 9.17) is 10.2 Å². The Kier molecular flexibility index (Phi) is 9.48. The van der Waals surface area contributed by atoms with E-state index in [1.807, 2.05) is 6.92 Å². The second kappa shape index (κ2) is 8.70. The quantitative estimate of drug-likeness (QED) is 0.643. The zero-order valence-electron chi connectivity index (χ0n) is 7.74. The van der Waals surface area contributed by atoms with Crippen LogP contribution < -0.4 is 0 Å². The van der Waals surface area contributed by atoms with Gasteiger partial charge < -0.3 is 10.2 Å². The van der Waals surface area contributed by atoms with Crippen molar-refractivity contribution in [1.82, 2.24) is 0 Å². The second-order valence-electron chi connectivity index (χ2n) is 2.23. The molecule has 0 atom stereocenters. The Balaban J connectivity index is 0. The molecule has 0 saturated carbocycles. The Morgan fingerprint density at radius 1 is 1.08 bits per heavy atom. The molecule has 0 aromatic carbocycles. The number of aliphatic carboxylic acids is 2. The second-order valence-corrected chi connectivity index (χ2v) is 2.23. The van der Waals surface area contributed by atoms with Gasteiger partial charge in [0.25, 0.3) is 0 Å². The normalized spacial score (nSPS) is 8.15. The molecule has 2 N–H and O–H groups in total. The third-order valence-electron chi connectivity index (χ3n) is 1.02. The zero-order chi connectivity index (χ0) is 10.9. The summed E-state index contributed by atoms with van der Waals surface area (Å²) in [5, 5.41) is 15.7. The first-order valence-corrected chi connectivity index (χ1v) is 3.93. The van der Waals surface area contributed by atoms with Crippen molar-refractivity contribution in [3.8, 4) is 0 Å². The van der Waals surface area contributed by atoms with Crippen molar-refractivity contribution in [2.45, 2.75) is 33.1 Å². The van der Waals surface area contributed by atoms with Gasteiger partial charge in [0.2, 0.25) is 5.78 Å². The van der Waals surface area contributed by atoms with Crippen LogP contribution in [0.2, 0.25) is 0 Å². The smallest absolute Gasteiger partial charge is 0.372 e. The molecule has 0 aliphatic heterocycles. The Hall–Kier alpha value is -1.39. The number of rotatable bonds is 4. The Morgan fingerprint density at radius 2 is 1.54 bits per heavy atom. The molecule has 0 aliphatic carbocycles. The van der Waals surface area contributed by atoms with E-state index in [2.05, 4.69) is 0 Å². The summed E-state index contributed by atoms with van der Waals surface area (Å²) >= 11 is 0. The molecule has 0 aromatic rings. The first-order chi connectivity index (χ1) is 5.95. The van der Waals surface area contributed by atoms with E-state index in [0.717, 1.165) is 6.42 Å². The Morgan fingerprint density at radius 3 is 1.54 bits per heavy atom. The molecule has 0 heterocycles. The minimum atomic E-state index is -1.34. The molecular formula is C8H14O5. The van der Waals surface area contributed by atoms with Gasteiger partial charge in [-0.05, 0) is 6.42 Å². The van der Waals surface area contributed by atoms with Crippen LogP contribution in [-0.2, 0) is 14.4 Å². The highest BCUT2D eigenvalue weighted by atomic mass is 16.4. The summed E-state index contributed by atoms with van der Waals surface area (Å²) < 4.78 is 0. The molecule has 5 heteroatoms.